The van der Waals surface area contributed by atoms with Crippen LogP contribution in [0.5, 0.6) is 0 Å². The van der Waals surface area contributed by atoms with Gasteiger partial charge in [-0.3, -0.25) is 4.48 Å². The van der Waals surface area contributed by atoms with E-state index in [-0.39, 0.29) is 0 Å². The molecule has 0 aliphatic rings. The van der Waals surface area contributed by atoms with Crippen molar-refractivity contribution in [3.05, 3.63) is 16.8 Å². The molecule has 1 aromatic rings. The third-order valence-electron chi connectivity index (χ3n) is 3.93. The van der Waals surface area contributed by atoms with Gasteiger partial charge in [0.1, 0.15) is 18.8 Å². The second kappa shape index (κ2) is 5.30. The lowest BCUT2D eigenvalue weighted by molar-refractivity contribution is -0.905. The monoisotopic (exact) mass is 242 g/mol. The molecule has 0 aromatic carbocycles. The number of quaternary nitrogens is 2. The molecule has 0 fully saturated rings. The number of nitrogens with zero attached hydrogens (tertiary/aromatic N) is 2. The highest BCUT2D eigenvalue weighted by atomic mass is 32.1. The Labute approximate surface area is 104 Å². The van der Waals surface area contributed by atoms with Crippen molar-refractivity contribution >= 4 is 17.0 Å². The number of hydrogen-bond acceptors (Lipinski definition) is 1. The first-order chi connectivity index (χ1) is 7.43. The van der Waals surface area contributed by atoms with Crippen molar-refractivity contribution in [2.75, 3.05) is 47.3 Å². The quantitative estimate of drug-likeness (QED) is 0.673. The fourth-order valence-corrected chi connectivity index (χ4v) is 2.56. The maximum absolute atomic E-state index is 2.35. The van der Waals surface area contributed by atoms with Crippen molar-refractivity contribution in [1.29, 1.82) is 0 Å². The Hall–Kier alpha value is -0.380. The van der Waals surface area contributed by atoms with E-state index in [0.29, 0.717) is 0 Å². The van der Waals surface area contributed by atoms with Gasteiger partial charge in [0.2, 0.25) is 0 Å². The Balaban J connectivity index is 2.61. The van der Waals surface area contributed by atoms with E-state index in [4.69, 9.17) is 0 Å². The molecule has 3 heteroatoms. The molecule has 0 saturated carbocycles. The first-order valence-corrected chi connectivity index (χ1v) is 7.07. The second-order valence-corrected chi connectivity index (χ2v) is 6.15. The van der Waals surface area contributed by atoms with Crippen LogP contribution in [-0.4, -0.2) is 51.8 Å². The van der Waals surface area contributed by atoms with Crippen molar-refractivity contribution in [2.24, 2.45) is 0 Å². The van der Waals surface area contributed by atoms with Gasteiger partial charge < -0.3 is 4.48 Å². The molecule has 0 amide bonds. The molecule has 0 atom stereocenters. The summed E-state index contributed by atoms with van der Waals surface area (Å²) in [7, 11) is 6.96. The van der Waals surface area contributed by atoms with Gasteiger partial charge in [-0.1, -0.05) is 0 Å². The molecule has 92 valence electrons. The van der Waals surface area contributed by atoms with Gasteiger partial charge in [0, 0.05) is 6.07 Å². The van der Waals surface area contributed by atoms with E-state index in [1.807, 2.05) is 0 Å². The van der Waals surface area contributed by atoms with Crippen molar-refractivity contribution in [1.82, 2.24) is 4.48 Å². The Morgan fingerprint density at radius 3 is 2.12 bits per heavy atom. The van der Waals surface area contributed by atoms with E-state index in [0.717, 1.165) is 4.48 Å². The van der Waals surface area contributed by atoms with Crippen LogP contribution in [0.2, 0.25) is 0 Å². The Morgan fingerprint density at radius 1 is 1.06 bits per heavy atom. The zero-order valence-electron chi connectivity index (χ0n) is 11.4. The van der Waals surface area contributed by atoms with Crippen LogP contribution in [0.3, 0.4) is 0 Å². The van der Waals surface area contributed by atoms with Gasteiger partial charge in [-0.25, -0.2) is 0 Å². The fourth-order valence-electron chi connectivity index (χ4n) is 1.76. The zero-order chi connectivity index (χ0) is 12.2. The maximum Gasteiger partial charge on any atom is 0.143 e. The summed E-state index contributed by atoms with van der Waals surface area (Å²) in [5, 5.41) is 4.44. The summed E-state index contributed by atoms with van der Waals surface area (Å²) in [6.07, 6.45) is 0. The Morgan fingerprint density at radius 2 is 1.69 bits per heavy atom. The highest BCUT2D eigenvalue weighted by Crippen LogP contribution is 2.22. The fraction of sp³-hybridized carbons (Fsp3) is 0.692. The van der Waals surface area contributed by atoms with Gasteiger partial charge >= 0.3 is 0 Å². The van der Waals surface area contributed by atoms with Crippen molar-refractivity contribution in [3.8, 4) is 0 Å². The maximum atomic E-state index is 2.35. The summed E-state index contributed by atoms with van der Waals surface area (Å²) >= 11 is 1.79. The predicted molar refractivity (Wildman–Crippen MR) is 75.0 cm³/mol. The van der Waals surface area contributed by atoms with E-state index in [9.17, 15) is 0 Å². The van der Waals surface area contributed by atoms with Crippen molar-refractivity contribution in [3.63, 3.8) is 0 Å². The Kier molecular flexibility index (Phi) is 4.53. The third-order valence-corrected chi connectivity index (χ3v) is 4.60. The van der Waals surface area contributed by atoms with Crippen LogP contribution in [0.25, 0.3) is 0 Å². The van der Waals surface area contributed by atoms with E-state index < -0.39 is 0 Å². The van der Waals surface area contributed by atoms with Crippen LogP contribution in [0.1, 0.15) is 13.8 Å². The molecule has 0 aliphatic carbocycles. The molecule has 0 spiro atoms. The SMILES string of the molecule is CC[N+](C)(CC)CC[N+](C)(C)c1ccsc1. The van der Waals surface area contributed by atoms with E-state index in [2.05, 4.69) is 51.8 Å². The lowest BCUT2D eigenvalue weighted by Crippen LogP contribution is -2.53. The van der Waals surface area contributed by atoms with Crippen LogP contribution < -0.4 is 4.48 Å². The van der Waals surface area contributed by atoms with Gasteiger partial charge in [0.05, 0.1) is 39.6 Å². The number of hydrogen-bond donors (Lipinski definition) is 0. The summed E-state index contributed by atoms with van der Waals surface area (Å²) in [5.74, 6) is 0. The van der Waals surface area contributed by atoms with Crippen LogP contribution in [-0.2, 0) is 0 Å². The zero-order valence-corrected chi connectivity index (χ0v) is 12.2. The lowest BCUT2D eigenvalue weighted by Gasteiger charge is -2.36. The highest BCUT2D eigenvalue weighted by Gasteiger charge is 2.25. The summed E-state index contributed by atoms with van der Waals surface area (Å²) in [6.45, 7) is 9.47. The molecule has 1 rings (SSSR count). The lowest BCUT2D eigenvalue weighted by atomic mass is 10.3. The molecule has 0 bridgehead atoms. The molecule has 1 heterocycles. The average Bonchev–Trinajstić information content (AvgIpc) is 2.80. The van der Waals surface area contributed by atoms with Gasteiger partial charge in [-0.05, 0) is 19.2 Å². The van der Waals surface area contributed by atoms with Gasteiger partial charge in [0.25, 0.3) is 0 Å². The molecule has 0 saturated heterocycles. The predicted octanol–water partition coefficient (Wildman–Crippen LogP) is 2.80. The van der Waals surface area contributed by atoms with Crippen LogP contribution in [0.4, 0.5) is 5.69 Å². The Bertz CT molecular complexity index is 300. The molecule has 16 heavy (non-hydrogen) atoms. The topological polar surface area (TPSA) is 0 Å². The van der Waals surface area contributed by atoms with Gasteiger partial charge in [-0.2, -0.15) is 0 Å². The average molecular weight is 242 g/mol. The smallest absolute Gasteiger partial charge is 0.143 e. The van der Waals surface area contributed by atoms with Crippen molar-refractivity contribution in [2.45, 2.75) is 13.8 Å². The minimum atomic E-state index is 0.997. The summed E-state index contributed by atoms with van der Waals surface area (Å²) in [6, 6.07) is 2.24. The minimum absolute atomic E-state index is 0.997. The van der Waals surface area contributed by atoms with Gasteiger partial charge in [0.15, 0.2) is 0 Å². The molecule has 0 unspecified atom stereocenters. The summed E-state index contributed by atoms with van der Waals surface area (Å²) < 4.78 is 2.17. The number of thiophene rings is 1. The standard InChI is InChI=1S/C13H26N2S/c1-6-15(5,7-2)10-9-14(3,4)13-8-11-16-12-13/h8,11-12H,6-7,9-10H2,1-5H3/q+2. The molecule has 2 nitrogen and oxygen atoms in total. The van der Waals surface area contributed by atoms with Gasteiger partial charge in [-0.15, -0.1) is 11.3 Å². The van der Waals surface area contributed by atoms with Crippen LogP contribution in [0.15, 0.2) is 16.8 Å². The summed E-state index contributed by atoms with van der Waals surface area (Å²) in [4.78, 5) is 0. The first kappa shape index (κ1) is 13.7. The highest BCUT2D eigenvalue weighted by molar-refractivity contribution is 7.08. The largest absolute Gasteiger partial charge is 0.322 e. The van der Waals surface area contributed by atoms with E-state index in [1.165, 1.54) is 36.3 Å². The van der Waals surface area contributed by atoms with E-state index in [1.54, 1.807) is 11.3 Å². The first-order valence-electron chi connectivity index (χ1n) is 6.13. The van der Waals surface area contributed by atoms with Crippen LogP contribution >= 0.6 is 11.3 Å². The molecular weight excluding hydrogens is 216 g/mol. The second-order valence-electron chi connectivity index (χ2n) is 5.37. The molecular formula is C13H26N2S+2. The van der Waals surface area contributed by atoms with Crippen molar-refractivity contribution < 1.29 is 4.48 Å². The van der Waals surface area contributed by atoms with Crippen LogP contribution in [0, 0.1) is 0 Å². The number of rotatable bonds is 6. The minimum Gasteiger partial charge on any atom is -0.322 e. The third kappa shape index (κ3) is 3.30. The molecule has 0 radical (unpaired) electrons. The normalized spacial score (nSPS) is 13.1. The van der Waals surface area contributed by atoms with E-state index >= 15 is 0 Å². The molecule has 1 aromatic heterocycles. The number of likely N-dealkylation sites (N-methyl/N-ethyl adjacent to an activating group) is 2. The molecule has 0 N–H and O–H groups in total. The molecule has 0 aliphatic heterocycles. The summed E-state index contributed by atoms with van der Waals surface area (Å²) in [5.41, 5.74) is 1.43.